The molecule has 4 rings (SSSR count). The average molecular weight is 509 g/mol. The maximum Gasteiger partial charge on any atom is 0.237 e. The van der Waals surface area contributed by atoms with Crippen molar-refractivity contribution < 1.29 is 19.0 Å². The summed E-state index contributed by atoms with van der Waals surface area (Å²) in [6, 6.07) is 15.1. The van der Waals surface area contributed by atoms with Gasteiger partial charge in [0.05, 0.1) is 13.7 Å². The first-order valence-electron chi connectivity index (χ1n) is 14.1. The highest BCUT2D eigenvalue weighted by Gasteiger charge is 2.37. The number of carbonyl (C=O) groups excluding carboxylic acids is 1. The van der Waals surface area contributed by atoms with E-state index in [0.717, 1.165) is 75.3 Å². The van der Waals surface area contributed by atoms with Crippen LogP contribution in [0.1, 0.15) is 88.8 Å². The van der Waals surface area contributed by atoms with E-state index in [1.807, 2.05) is 18.2 Å². The van der Waals surface area contributed by atoms with Crippen LogP contribution in [0.25, 0.3) is 0 Å². The fourth-order valence-corrected chi connectivity index (χ4v) is 5.89. The van der Waals surface area contributed by atoms with Crippen molar-refractivity contribution in [2.24, 2.45) is 0 Å². The van der Waals surface area contributed by atoms with Gasteiger partial charge in [0, 0.05) is 25.2 Å². The van der Waals surface area contributed by atoms with Crippen LogP contribution in [0.3, 0.4) is 0 Å². The molecule has 0 radical (unpaired) electrons. The first-order valence-corrected chi connectivity index (χ1v) is 14.1. The molecule has 6 heteroatoms. The van der Waals surface area contributed by atoms with E-state index in [1.165, 1.54) is 11.1 Å². The van der Waals surface area contributed by atoms with Crippen LogP contribution in [-0.2, 0) is 4.79 Å². The number of carbonyl (C=O) groups is 1. The quantitative estimate of drug-likeness (QED) is 0.307. The molecule has 6 nitrogen and oxygen atoms in total. The molecular formula is C31H44N2O4. The maximum atomic E-state index is 13.9. The number of hydrogen-bond acceptors (Lipinski definition) is 5. The van der Waals surface area contributed by atoms with Gasteiger partial charge < -0.3 is 19.1 Å². The number of amides is 1. The minimum absolute atomic E-state index is 0.175. The lowest BCUT2D eigenvalue weighted by molar-refractivity contribution is -0.135. The Morgan fingerprint density at radius 1 is 1.00 bits per heavy atom. The van der Waals surface area contributed by atoms with Crippen molar-refractivity contribution in [3.05, 3.63) is 53.6 Å². The Kier molecular flexibility index (Phi) is 9.73. The van der Waals surface area contributed by atoms with Crippen LogP contribution in [0.5, 0.6) is 17.2 Å². The summed E-state index contributed by atoms with van der Waals surface area (Å²) in [6.07, 6.45) is 7.46. The number of benzene rings is 2. The highest BCUT2D eigenvalue weighted by atomic mass is 16.7. The minimum Gasteiger partial charge on any atom is -0.497 e. The van der Waals surface area contributed by atoms with Gasteiger partial charge in [0.2, 0.25) is 12.7 Å². The summed E-state index contributed by atoms with van der Waals surface area (Å²) in [4.78, 5) is 18.5. The molecule has 1 saturated heterocycles. The van der Waals surface area contributed by atoms with Crippen molar-refractivity contribution in [3.8, 4) is 17.2 Å². The predicted octanol–water partition coefficient (Wildman–Crippen LogP) is 6.55. The van der Waals surface area contributed by atoms with Crippen molar-refractivity contribution in [3.63, 3.8) is 0 Å². The van der Waals surface area contributed by atoms with Gasteiger partial charge in [0.15, 0.2) is 11.5 Å². The number of nitrogens with zero attached hydrogens (tertiary/aromatic N) is 2. The summed E-state index contributed by atoms with van der Waals surface area (Å²) >= 11 is 0. The monoisotopic (exact) mass is 508 g/mol. The van der Waals surface area contributed by atoms with Crippen LogP contribution in [0.15, 0.2) is 42.5 Å². The van der Waals surface area contributed by atoms with Crippen LogP contribution < -0.4 is 14.2 Å². The summed E-state index contributed by atoms with van der Waals surface area (Å²) < 4.78 is 16.6. The molecular weight excluding hydrogens is 464 g/mol. The Morgan fingerprint density at radius 2 is 1.70 bits per heavy atom. The van der Waals surface area contributed by atoms with E-state index in [1.54, 1.807) is 7.11 Å². The van der Waals surface area contributed by atoms with Gasteiger partial charge in [0.25, 0.3) is 0 Å². The Labute approximate surface area is 222 Å². The van der Waals surface area contributed by atoms with Gasteiger partial charge in [-0.2, -0.15) is 0 Å². The van der Waals surface area contributed by atoms with Crippen LogP contribution in [0.4, 0.5) is 0 Å². The number of rotatable bonds is 13. The number of likely N-dealkylation sites (tertiary alicyclic amines) is 1. The zero-order valence-electron chi connectivity index (χ0n) is 23.1. The second-order valence-electron chi connectivity index (χ2n) is 10.4. The molecule has 2 aliphatic heterocycles. The van der Waals surface area contributed by atoms with Gasteiger partial charge in [-0.05, 0) is 67.0 Å². The first kappa shape index (κ1) is 27.3. The van der Waals surface area contributed by atoms with E-state index in [-0.39, 0.29) is 18.7 Å². The standard InChI is InChI=1S/C31H44N2O4/c1-5-8-17-33(26(9-6-2)10-7-3)31(34)21-32-20-25(24-13-16-29-30(19-24)37-22-36-29)18-28(32)23-11-14-27(35-4)15-12-23/h11-16,19,25-26,28H,5-10,17-18,20-22H2,1-4H3/t25-,28+/m0/s1. The minimum atomic E-state index is 0.175. The molecule has 202 valence electrons. The number of hydrogen-bond donors (Lipinski definition) is 0. The number of methoxy groups -OCH3 is 1. The SMILES string of the molecule is CCCCN(C(=O)CN1C[C@@H](c2ccc3c(c2)OCO3)C[C@@H]1c1ccc(OC)cc1)C(CCC)CCC. The summed E-state index contributed by atoms with van der Waals surface area (Å²) in [7, 11) is 1.69. The second kappa shape index (κ2) is 13.2. The molecule has 0 spiro atoms. The van der Waals surface area contributed by atoms with Crippen molar-refractivity contribution in [2.75, 3.05) is 33.5 Å². The van der Waals surface area contributed by atoms with Gasteiger partial charge in [-0.25, -0.2) is 0 Å². The molecule has 0 N–H and O–H groups in total. The zero-order chi connectivity index (χ0) is 26.2. The number of fused-ring (bicyclic) bond motifs is 1. The van der Waals surface area contributed by atoms with E-state index in [0.29, 0.717) is 18.5 Å². The Hall–Kier alpha value is -2.73. The molecule has 2 atom stereocenters. The van der Waals surface area contributed by atoms with Crippen molar-refractivity contribution in [1.29, 1.82) is 0 Å². The highest BCUT2D eigenvalue weighted by Crippen LogP contribution is 2.43. The van der Waals surface area contributed by atoms with Gasteiger partial charge >= 0.3 is 0 Å². The molecule has 0 unspecified atom stereocenters. The third-order valence-electron chi connectivity index (χ3n) is 7.87. The van der Waals surface area contributed by atoms with Gasteiger partial charge in [0.1, 0.15) is 5.75 Å². The molecule has 2 aromatic rings. The lowest BCUT2D eigenvalue weighted by Gasteiger charge is -2.34. The lowest BCUT2D eigenvalue weighted by atomic mass is 9.93. The average Bonchev–Trinajstić information content (AvgIpc) is 3.56. The van der Waals surface area contributed by atoms with Gasteiger partial charge in [-0.1, -0.05) is 58.2 Å². The Morgan fingerprint density at radius 3 is 2.38 bits per heavy atom. The van der Waals surface area contributed by atoms with Crippen LogP contribution in [0, 0.1) is 0 Å². The van der Waals surface area contributed by atoms with E-state index >= 15 is 0 Å². The summed E-state index contributed by atoms with van der Waals surface area (Å²) in [5.41, 5.74) is 2.48. The molecule has 2 aliphatic rings. The molecule has 2 aromatic carbocycles. The second-order valence-corrected chi connectivity index (χ2v) is 10.4. The number of ether oxygens (including phenoxy) is 3. The largest absolute Gasteiger partial charge is 0.497 e. The van der Waals surface area contributed by atoms with E-state index in [9.17, 15) is 4.79 Å². The predicted molar refractivity (Wildman–Crippen MR) is 147 cm³/mol. The highest BCUT2D eigenvalue weighted by molar-refractivity contribution is 5.78. The van der Waals surface area contributed by atoms with Crippen LogP contribution in [0.2, 0.25) is 0 Å². The van der Waals surface area contributed by atoms with Gasteiger partial charge in [-0.15, -0.1) is 0 Å². The molecule has 0 saturated carbocycles. The fraction of sp³-hybridized carbons (Fsp3) is 0.581. The summed E-state index contributed by atoms with van der Waals surface area (Å²) in [6.45, 7) is 9.08. The summed E-state index contributed by atoms with van der Waals surface area (Å²) in [5.74, 6) is 3.07. The number of unbranched alkanes of at least 4 members (excludes halogenated alkanes) is 1. The third kappa shape index (κ3) is 6.59. The lowest BCUT2D eigenvalue weighted by Crippen LogP contribution is -2.46. The molecule has 37 heavy (non-hydrogen) atoms. The zero-order valence-corrected chi connectivity index (χ0v) is 23.1. The van der Waals surface area contributed by atoms with E-state index < -0.39 is 0 Å². The van der Waals surface area contributed by atoms with Crippen LogP contribution >= 0.6 is 0 Å². The Bertz CT molecular complexity index is 1000. The third-order valence-corrected chi connectivity index (χ3v) is 7.87. The molecule has 2 heterocycles. The topological polar surface area (TPSA) is 51.2 Å². The smallest absolute Gasteiger partial charge is 0.237 e. The summed E-state index contributed by atoms with van der Waals surface area (Å²) in [5, 5.41) is 0. The van der Waals surface area contributed by atoms with Gasteiger partial charge in [-0.3, -0.25) is 9.69 Å². The van der Waals surface area contributed by atoms with Crippen LogP contribution in [-0.4, -0.2) is 55.3 Å². The van der Waals surface area contributed by atoms with Crippen molar-refractivity contribution >= 4 is 5.91 Å². The van der Waals surface area contributed by atoms with Crippen molar-refractivity contribution in [1.82, 2.24) is 9.80 Å². The fourth-order valence-electron chi connectivity index (χ4n) is 5.89. The maximum absolute atomic E-state index is 13.9. The van der Waals surface area contributed by atoms with Crippen molar-refractivity contribution in [2.45, 2.75) is 83.7 Å². The normalized spacial score (nSPS) is 18.9. The first-order chi connectivity index (χ1) is 18.1. The molecule has 1 amide bonds. The molecule has 0 aliphatic carbocycles. The van der Waals surface area contributed by atoms with E-state index in [2.05, 4.69) is 54.8 Å². The molecule has 1 fully saturated rings. The molecule has 0 bridgehead atoms. The molecule has 0 aromatic heterocycles. The Balaban J connectivity index is 1.57. The van der Waals surface area contributed by atoms with E-state index in [4.69, 9.17) is 14.2 Å².